The molecule has 0 unspecified atom stereocenters. The zero-order valence-corrected chi connectivity index (χ0v) is 6.71. The highest BCUT2D eigenvalue weighted by molar-refractivity contribution is 4.83. The average Bonchev–Trinajstić information content (AvgIpc) is 2.07. The number of hydrogen-bond acceptors (Lipinski definition) is 2. The van der Waals surface area contributed by atoms with E-state index in [1.807, 2.05) is 0 Å². The van der Waals surface area contributed by atoms with Crippen LogP contribution in [0.1, 0.15) is 25.7 Å². The van der Waals surface area contributed by atoms with Crippen LogP contribution in [0.25, 0.3) is 0 Å². The first-order valence-electron chi connectivity index (χ1n) is 4.10. The van der Waals surface area contributed by atoms with Crippen molar-refractivity contribution in [2.45, 2.75) is 32.0 Å². The number of unbranched alkanes of at least 4 members (excludes halogenated alkanes) is 1. The Kier molecular flexibility index (Phi) is 4.03. The summed E-state index contributed by atoms with van der Waals surface area (Å²) in [5.74, 6) is 2.60. The van der Waals surface area contributed by atoms with Crippen molar-refractivity contribution < 1.29 is 9.47 Å². The molecular formula is C9H14O2. The summed E-state index contributed by atoms with van der Waals surface area (Å²) in [6, 6.07) is 0. The molecule has 0 bridgehead atoms. The lowest BCUT2D eigenvalue weighted by Gasteiger charge is -2.22. The van der Waals surface area contributed by atoms with Crippen molar-refractivity contribution in [2.75, 3.05) is 13.2 Å². The van der Waals surface area contributed by atoms with Crippen LogP contribution in [0.2, 0.25) is 0 Å². The zero-order chi connectivity index (χ0) is 7.94. The summed E-state index contributed by atoms with van der Waals surface area (Å²) in [6.45, 7) is 1.67. The lowest BCUT2D eigenvalue weighted by Crippen LogP contribution is -2.24. The van der Waals surface area contributed by atoms with Gasteiger partial charge < -0.3 is 9.47 Å². The van der Waals surface area contributed by atoms with Crippen LogP contribution in [0.3, 0.4) is 0 Å². The minimum Gasteiger partial charge on any atom is -0.353 e. The van der Waals surface area contributed by atoms with Gasteiger partial charge in [-0.1, -0.05) is 0 Å². The molecule has 1 rings (SSSR count). The molecule has 0 amide bonds. The van der Waals surface area contributed by atoms with E-state index in [0.717, 1.165) is 38.9 Å². The van der Waals surface area contributed by atoms with Gasteiger partial charge in [0.25, 0.3) is 0 Å². The molecule has 0 aliphatic carbocycles. The van der Waals surface area contributed by atoms with Crippen molar-refractivity contribution in [2.24, 2.45) is 0 Å². The molecule has 0 radical (unpaired) electrons. The van der Waals surface area contributed by atoms with E-state index in [2.05, 4.69) is 5.92 Å². The lowest BCUT2D eigenvalue weighted by atomic mass is 10.2. The van der Waals surface area contributed by atoms with E-state index in [9.17, 15) is 0 Å². The molecule has 1 heterocycles. The minimum absolute atomic E-state index is 0.0112. The summed E-state index contributed by atoms with van der Waals surface area (Å²) >= 11 is 0. The Labute approximate surface area is 67.9 Å². The molecule has 1 saturated heterocycles. The van der Waals surface area contributed by atoms with Crippen molar-refractivity contribution in [1.82, 2.24) is 0 Å². The first-order chi connectivity index (χ1) is 5.43. The Balaban J connectivity index is 2.01. The van der Waals surface area contributed by atoms with Crippen LogP contribution in [-0.4, -0.2) is 19.5 Å². The molecule has 11 heavy (non-hydrogen) atoms. The van der Waals surface area contributed by atoms with E-state index < -0.39 is 0 Å². The molecular weight excluding hydrogens is 140 g/mol. The Morgan fingerprint density at radius 3 is 2.73 bits per heavy atom. The fourth-order valence-corrected chi connectivity index (χ4v) is 1.07. The number of hydrogen-bond donors (Lipinski definition) is 0. The topological polar surface area (TPSA) is 18.5 Å². The Hall–Kier alpha value is -0.520. The van der Waals surface area contributed by atoms with Gasteiger partial charge in [0.15, 0.2) is 6.29 Å². The van der Waals surface area contributed by atoms with Gasteiger partial charge in [0.05, 0.1) is 13.2 Å². The van der Waals surface area contributed by atoms with Gasteiger partial charge in [0.1, 0.15) is 0 Å². The fraction of sp³-hybridized carbons (Fsp3) is 0.778. The quantitative estimate of drug-likeness (QED) is 0.453. The second-order valence-corrected chi connectivity index (χ2v) is 2.62. The molecule has 0 spiro atoms. The molecule has 2 nitrogen and oxygen atoms in total. The predicted molar refractivity (Wildman–Crippen MR) is 43.0 cm³/mol. The predicted octanol–water partition coefficient (Wildman–Crippen LogP) is 1.55. The molecule has 0 aromatic carbocycles. The van der Waals surface area contributed by atoms with Crippen molar-refractivity contribution in [3.63, 3.8) is 0 Å². The van der Waals surface area contributed by atoms with E-state index in [1.54, 1.807) is 0 Å². The van der Waals surface area contributed by atoms with E-state index in [4.69, 9.17) is 15.9 Å². The summed E-state index contributed by atoms with van der Waals surface area (Å²) in [5.41, 5.74) is 0. The van der Waals surface area contributed by atoms with E-state index >= 15 is 0 Å². The van der Waals surface area contributed by atoms with Crippen LogP contribution >= 0.6 is 0 Å². The number of ether oxygens (including phenoxy) is 2. The molecule has 0 N–H and O–H groups in total. The summed E-state index contributed by atoms with van der Waals surface area (Å²) in [5, 5.41) is 0. The van der Waals surface area contributed by atoms with Crippen molar-refractivity contribution in [3.8, 4) is 12.3 Å². The second kappa shape index (κ2) is 5.17. The monoisotopic (exact) mass is 154 g/mol. The van der Waals surface area contributed by atoms with Gasteiger partial charge in [0, 0.05) is 6.42 Å². The highest BCUT2D eigenvalue weighted by atomic mass is 16.7. The molecule has 0 aromatic heterocycles. The van der Waals surface area contributed by atoms with Crippen LogP contribution in [-0.2, 0) is 9.47 Å². The molecule has 1 fully saturated rings. The Morgan fingerprint density at radius 1 is 1.36 bits per heavy atom. The van der Waals surface area contributed by atoms with Gasteiger partial charge in [0.2, 0.25) is 0 Å². The standard InChI is InChI=1S/C9H14O2/c1-2-3-4-6-9-10-7-5-8-11-9/h1,9H,3-8H2. The Morgan fingerprint density at radius 2 is 2.09 bits per heavy atom. The van der Waals surface area contributed by atoms with Crippen molar-refractivity contribution >= 4 is 0 Å². The highest BCUT2D eigenvalue weighted by Gasteiger charge is 2.12. The Bertz CT molecular complexity index is 131. The molecule has 1 aliphatic heterocycles. The lowest BCUT2D eigenvalue weighted by molar-refractivity contribution is -0.181. The maximum Gasteiger partial charge on any atom is 0.157 e. The second-order valence-electron chi connectivity index (χ2n) is 2.62. The van der Waals surface area contributed by atoms with Gasteiger partial charge in [-0.15, -0.1) is 12.3 Å². The normalized spacial score (nSPS) is 19.5. The van der Waals surface area contributed by atoms with Gasteiger partial charge in [-0.2, -0.15) is 0 Å². The van der Waals surface area contributed by atoms with Crippen LogP contribution in [0.15, 0.2) is 0 Å². The fourth-order valence-electron chi connectivity index (χ4n) is 1.07. The molecule has 0 atom stereocenters. The van der Waals surface area contributed by atoms with Crippen LogP contribution in [0.4, 0.5) is 0 Å². The molecule has 1 aliphatic rings. The van der Waals surface area contributed by atoms with E-state index in [-0.39, 0.29) is 6.29 Å². The summed E-state index contributed by atoms with van der Waals surface area (Å²) in [6.07, 6.45) is 8.90. The van der Waals surface area contributed by atoms with E-state index in [1.165, 1.54) is 0 Å². The first kappa shape index (κ1) is 8.58. The molecule has 62 valence electrons. The molecule has 2 heteroatoms. The zero-order valence-electron chi connectivity index (χ0n) is 6.71. The SMILES string of the molecule is C#CCCCC1OCCCO1. The molecule has 0 saturated carbocycles. The van der Waals surface area contributed by atoms with Gasteiger partial charge in [-0.25, -0.2) is 0 Å². The van der Waals surface area contributed by atoms with Gasteiger partial charge in [-0.3, -0.25) is 0 Å². The third-order valence-corrected chi connectivity index (χ3v) is 1.66. The minimum atomic E-state index is 0.0112. The van der Waals surface area contributed by atoms with Crippen LogP contribution in [0, 0.1) is 12.3 Å². The summed E-state index contributed by atoms with van der Waals surface area (Å²) in [7, 11) is 0. The maximum atomic E-state index is 5.33. The van der Waals surface area contributed by atoms with Gasteiger partial charge >= 0.3 is 0 Å². The first-order valence-corrected chi connectivity index (χ1v) is 4.10. The smallest absolute Gasteiger partial charge is 0.157 e. The highest BCUT2D eigenvalue weighted by Crippen LogP contribution is 2.11. The molecule has 0 aromatic rings. The van der Waals surface area contributed by atoms with E-state index in [0.29, 0.717) is 0 Å². The van der Waals surface area contributed by atoms with Crippen LogP contribution in [0.5, 0.6) is 0 Å². The van der Waals surface area contributed by atoms with Gasteiger partial charge in [-0.05, 0) is 19.3 Å². The largest absolute Gasteiger partial charge is 0.353 e. The average molecular weight is 154 g/mol. The van der Waals surface area contributed by atoms with Crippen molar-refractivity contribution in [1.29, 1.82) is 0 Å². The third-order valence-electron chi connectivity index (χ3n) is 1.66. The summed E-state index contributed by atoms with van der Waals surface area (Å²) < 4.78 is 10.7. The van der Waals surface area contributed by atoms with Crippen LogP contribution < -0.4 is 0 Å². The third kappa shape index (κ3) is 3.41. The van der Waals surface area contributed by atoms with Crippen molar-refractivity contribution in [3.05, 3.63) is 0 Å². The maximum absolute atomic E-state index is 5.33. The number of rotatable bonds is 3. The number of terminal acetylenes is 1. The summed E-state index contributed by atoms with van der Waals surface area (Å²) in [4.78, 5) is 0.